The van der Waals surface area contributed by atoms with Gasteiger partial charge in [-0.15, -0.1) is 3.89 Å². The van der Waals surface area contributed by atoms with Crippen LogP contribution in [-0.4, -0.2) is 31.1 Å². The van der Waals surface area contributed by atoms with E-state index < -0.39 is 15.5 Å². The number of halogens is 1. The molecule has 1 aromatic heterocycles. The molecule has 2 rings (SSSR count). The maximum atomic E-state index is 12.8. The van der Waals surface area contributed by atoms with E-state index in [0.29, 0.717) is 11.4 Å². The van der Waals surface area contributed by atoms with E-state index in [4.69, 9.17) is 0 Å². The first kappa shape index (κ1) is 12.0. The lowest BCUT2D eigenvalue weighted by atomic mass is 10.3. The third-order valence-electron chi connectivity index (χ3n) is 2.68. The summed E-state index contributed by atoms with van der Waals surface area (Å²) in [5, 5.41) is -1.26. The molecule has 1 aromatic rings. The number of pyridine rings is 1. The van der Waals surface area contributed by atoms with Gasteiger partial charge >= 0.3 is 10.2 Å². The number of amides is 1. The summed E-state index contributed by atoms with van der Waals surface area (Å²) in [6.45, 7) is 1.62. The van der Waals surface area contributed by atoms with Crippen molar-refractivity contribution >= 4 is 21.8 Å². The van der Waals surface area contributed by atoms with Gasteiger partial charge < -0.3 is 4.90 Å². The van der Waals surface area contributed by atoms with Crippen LogP contribution in [-0.2, 0) is 15.0 Å². The Morgan fingerprint density at radius 2 is 2.24 bits per heavy atom. The lowest BCUT2D eigenvalue weighted by molar-refractivity contribution is -0.117. The van der Waals surface area contributed by atoms with Gasteiger partial charge in [0, 0.05) is 30.5 Å². The minimum Gasteiger partial charge on any atom is -0.311 e. The predicted molar refractivity (Wildman–Crippen MR) is 59.8 cm³/mol. The molecule has 92 valence electrons. The van der Waals surface area contributed by atoms with Gasteiger partial charge in [-0.2, -0.15) is 8.42 Å². The van der Waals surface area contributed by atoms with Crippen LogP contribution in [0.3, 0.4) is 0 Å². The largest absolute Gasteiger partial charge is 0.311 e. The van der Waals surface area contributed by atoms with Gasteiger partial charge in [0.25, 0.3) is 0 Å². The number of carbonyl (C=O) groups excluding carboxylic acids is 1. The second-order valence-corrected chi connectivity index (χ2v) is 5.58. The summed E-state index contributed by atoms with van der Waals surface area (Å²) < 4.78 is 34.3. The molecule has 1 amide bonds. The lowest BCUT2D eigenvalue weighted by Gasteiger charge is -2.16. The van der Waals surface area contributed by atoms with E-state index in [1.54, 1.807) is 19.1 Å². The van der Waals surface area contributed by atoms with Gasteiger partial charge in [-0.25, -0.2) is 0 Å². The highest BCUT2D eigenvalue weighted by Crippen LogP contribution is 2.25. The Kier molecular flexibility index (Phi) is 2.86. The molecule has 2 heterocycles. The summed E-state index contributed by atoms with van der Waals surface area (Å²) in [6.07, 6.45) is 1.22. The van der Waals surface area contributed by atoms with Crippen LogP contribution in [0.25, 0.3) is 0 Å². The summed E-state index contributed by atoms with van der Waals surface area (Å²) in [6, 6.07) is 3.25. The van der Waals surface area contributed by atoms with E-state index in [1.807, 2.05) is 0 Å². The van der Waals surface area contributed by atoms with E-state index in [9.17, 15) is 17.1 Å². The van der Waals surface area contributed by atoms with E-state index in [-0.39, 0.29) is 18.9 Å². The van der Waals surface area contributed by atoms with Gasteiger partial charge in [0.15, 0.2) is 0 Å². The van der Waals surface area contributed by atoms with Crippen LogP contribution in [0.1, 0.15) is 12.1 Å². The van der Waals surface area contributed by atoms with Crippen LogP contribution < -0.4 is 4.90 Å². The minimum absolute atomic E-state index is 0.138. The molecular weight excluding hydrogens is 247 g/mol. The van der Waals surface area contributed by atoms with Crippen LogP contribution in [0.2, 0.25) is 0 Å². The van der Waals surface area contributed by atoms with Crippen LogP contribution >= 0.6 is 0 Å². The van der Waals surface area contributed by atoms with Gasteiger partial charge in [0.05, 0.1) is 0 Å². The Morgan fingerprint density at radius 1 is 1.53 bits per heavy atom. The highest BCUT2D eigenvalue weighted by atomic mass is 32.3. The summed E-state index contributed by atoms with van der Waals surface area (Å²) in [4.78, 5) is 16.9. The average molecular weight is 258 g/mol. The third kappa shape index (κ3) is 2.44. The molecule has 0 saturated carbocycles. The monoisotopic (exact) mass is 258 g/mol. The maximum Gasteiger partial charge on any atom is 0.307 e. The highest BCUT2D eigenvalue weighted by molar-refractivity contribution is 7.87. The van der Waals surface area contributed by atoms with Gasteiger partial charge in [0.2, 0.25) is 5.91 Å². The summed E-state index contributed by atoms with van der Waals surface area (Å²) in [7, 11) is -4.66. The number of hydrogen-bond donors (Lipinski definition) is 0. The molecular formula is C10H11FN2O3S. The van der Waals surface area contributed by atoms with Crippen LogP contribution in [0.5, 0.6) is 0 Å². The predicted octanol–water partition coefficient (Wildman–Crippen LogP) is 0.795. The van der Waals surface area contributed by atoms with Crippen LogP contribution in [0.15, 0.2) is 18.3 Å². The van der Waals surface area contributed by atoms with E-state index in [0.717, 1.165) is 0 Å². The van der Waals surface area contributed by atoms with Crippen molar-refractivity contribution in [1.29, 1.82) is 0 Å². The molecule has 7 heteroatoms. The van der Waals surface area contributed by atoms with Crippen LogP contribution in [0, 0.1) is 6.92 Å². The number of hydrogen-bond acceptors (Lipinski definition) is 4. The first-order chi connectivity index (χ1) is 7.88. The molecule has 5 nitrogen and oxygen atoms in total. The molecule has 17 heavy (non-hydrogen) atoms. The standard InChI is InChI=1S/C10H11FN2O3S/c1-7-4-8(2-3-12-7)13-6-9(5-10(13)14)17(11,15)16/h2-4,9H,5-6H2,1H3. The van der Waals surface area contributed by atoms with E-state index in [2.05, 4.69) is 4.98 Å². The molecule has 1 atom stereocenters. The first-order valence-electron chi connectivity index (χ1n) is 5.04. The van der Waals surface area contributed by atoms with Gasteiger partial charge in [0.1, 0.15) is 5.25 Å². The minimum atomic E-state index is -4.66. The molecule has 1 saturated heterocycles. The summed E-state index contributed by atoms with van der Waals surface area (Å²) in [5.74, 6) is -0.387. The molecule has 1 unspecified atom stereocenters. The summed E-state index contributed by atoms with van der Waals surface area (Å²) in [5.41, 5.74) is 1.26. The Labute approximate surface area is 98.5 Å². The Morgan fingerprint density at radius 3 is 2.76 bits per heavy atom. The fourth-order valence-corrected chi connectivity index (χ4v) is 2.48. The van der Waals surface area contributed by atoms with Crippen molar-refractivity contribution < 1.29 is 17.1 Å². The van der Waals surface area contributed by atoms with E-state index in [1.165, 1.54) is 11.1 Å². The number of anilines is 1. The fraction of sp³-hybridized carbons (Fsp3) is 0.400. The van der Waals surface area contributed by atoms with Crippen molar-refractivity contribution in [2.24, 2.45) is 0 Å². The Balaban J connectivity index is 2.28. The SMILES string of the molecule is Cc1cc(N2CC(S(=O)(=O)F)CC2=O)ccn1. The maximum absolute atomic E-state index is 12.8. The van der Waals surface area contributed by atoms with Crippen molar-refractivity contribution in [3.63, 3.8) is 0 Å². The zero-order chi connectivity index (χ0) is 12.6. The topological polar surface area (TPSA) is 67.3 Å². The van der Waals surface area contributed by atoms with Gasteiger partial charge in [-0.3, -0.25) is 9.78 Å². The van der Waals surface area contributed by atoms with Crippen molar-refractivity contribution in [3.8, 4) is 0 Å². The van der Waals surface area contributed by atoms with Crippen molar-refractivity contribution in [3.05, 3.63) is 24.0 Å². The molecule has 0 aliphatic carbocycles. The first-order valence-corrected chi connectivity index (χ1v) is 6.49. The van der Waals surface area contributed by atoms with E-state index >= 15 is 0 Å². The third-order valence-corrected chi connectivity index (χ3v) is 3.79. The smallest absolute Gasteiger partial charge is 0.307 e. The molecule has 0 radical (unpaired) electrons. The fourth-order valence-electron chi connectivity index (χ4n) is 1.81. The number of aryl methyl sites for hydroxylation is 1. The van der Waals surface area contributed by atoms with Crippen molar-refractivity contribution in [2.75, 3.05) is 11.4 Å². The zero-order valence-corrected chi connectivity index (χ0v) is 9.95. The number of carbonyl (C=O) groups is 1. The number of nitrogens with zero attached hydrogens (tertiary/aromatic N) is 2. The second-order valence-electron chi connectivity index (χ2n) is 3.96. The molecule has 1 aliphatic heterocycles. The molecule has 1 aliphatic rings. The zero-order valence-electron chi connectivity index (χ0n) is 9.13. The highest BCUT2D eigenvalue weighted by Gasteiger charge is 2.39. The number of aromatic nitrogens is 1. The Hall–Kier alpha value is -1.50. The average Bonchev–Trinajstić information content (AvgIpc) is 2.60. The van der Waals surface area contributed by atoms with Crippen LogP contribution in [0.4, 0.5) is 9.57 Å². The van der Waals surface area contributed by atoms with Crippen molar-refractivity contribution in [1.82, 2.24) is 4.98 Å². The molecule has 0 bridgehead atoms. The van der Waals surface area contributed by atoms with Gasteiger partial charge in [-0.05, 0) is 19.1 Å². The number of rotatable bonds is 2. The molecule has 0 N–H and O–H groups in total. The molecule has 0 spiro atoms. The molecule has 0 aromatic carbocycles. The molecule has 1 fully saturated rings. The Bertz CT molecular complexity index is 558. The normalized spacial score (nSPS) is 20.9. The van der Waals surface area contributed by atoms with Crippen molar-refractivity contribution in [2.45, 2.75) is 18.6 Å². The quantitative estimate of drug-likeness (QED) is 0.736. The van der Waals surface area contributed by atoms with Gasteiger partial charge in [-0.1, -0.05) is 0 Å². The lowest BCUT2D eigenvalue weighted by Crippen LogP contribution is -2.26. The summed E-state index contributed by atoms with van der Waals surface area (Å²) >= 11 is 0. The second kappa shape index (κ2) is 4.06.